The van der Waals surface area contributed by atoms with E-state index in [1.165, 1.54) is 6.07 Å². The molecule has 0 radical (unpaired) electrons. The van der Waals surface area contributed by atoms with Gasteiger partial charge in [-0.1, -0.05) is 6.07 Å². The van der Waals surface area contributed by atoms with E-state index in [1.54, 1.807) is 18.2 Å². The Hall–Kier alpha value is -1.95. The molecule has 0 spiro atoms. The van der Waals surface area contributed by atoms with Crippen LogP contribution in [0.25, 0.3) is 6.08 Å². The van der Waals surface area contributed by atoms with E-state index in [9.17, 15) is 9.90 Å². The zero-order chi connectivity index (χ0) is 13.1. The van der Waals surface area contributed by atoms with Gasteiger partial charge in [-0.25, -0.2) is 0 Å². The van der Waals surface area contributed by atoms with Crippen LogP contribution in [0.2, 0.25) is 0 Å². The summed E-state index contributed by atoms with van der Waals surface area (Å²) < 4.78 is 5.27. The summed E-state index contributed by atoms with van der Waals surface area (Å²) in [7, 11) is 0. The van der Waals surface area contributed by atoms with E-state index in [0.29, 0.717) is 17.3 Å². The SMILES string of the molecule is CCOc1cc(/C=C2\SC(=O)NC2=N)ccc1O. The smallest absolute Gasteiger partial charge is 0.289 e. The molecule has 1 aliphatic rings. The van der Waals surface area contributed by atoms with Crippen molar-refractivity contribution in [3.8, 4) is 11.5 Å². The second kappa shape index (κ2) is 5.14. The van der Waals surface area contributed by atoms with Crippen LogP contribution in [-0.4, -0.2) is 22.8 Å². The molecular weight excluding hydrogens is 252 g/mol. The molecule has 2 rings (SSSR count). The van der Waals surface area contributed by atoms with Crippen molar-refractivity contribution in [1.82, 2.24) is 5.32 Å². The molecule has 94 valence electrons. The Morgan fingerprint density at radius 1 is 1.56 bits per heavy atom. The number of amides is 1. The van der Waals surface area contributed by atoms with Gasteiger partial charge in [0.05, 0.1) is 11.5 Å². The van der Waals surface area contributed by atoms with Crippen LogP contribution in [0.1, 0.15) is 12.5 Å². The highest BCUT2D eigenvalue weighted by Gasteiger charge is 2.21. The summed E-state index contributed by atoms with van der Waals surface area (Å²) in [5.41, 5.74) is 0.764. The van der Waals surface area contributed by atoms with Gasteiger partial charge in [-0.15, -0.1) is 0 Å². The van der Waals surface area contributed by atoms with Crippen molar-refractivity contribution in [2.24, 2.45) is 0 Å². The van der Waals surface area contributed by atoms with E-state index in [0.717, 1.165) is 17.3 Å². The van der Waals surface area contributed by atoms with Crippen molar-refractivity contribution in [2.75, 3.05) is 6.61 Å². The lowest BCUT2D eigenvalue weighted by Crippen LogP contribution is -2.17. The maximum absolute atomic E-state index is 11.1. The predicted octanol–water partition coefficient (Wildman–Crippen LogP) is 2.57. The second-order valence-electron chi connectivity index (χ2n) is 3.56. The molecule has 0 unspecified atom stereocenters. The maximum Gasteiger partial charge on any atom is 0.289 e. The first kappa shape index (κ1) is 12.5. The number of amidine groups is 1. The Labute approximate surface area is 108 Å². The van der Waals surface area contributed by atoms with Crippen LogP contribution < -0.4 is 10.1 Å². The second-order valence-corrected chi connectivity index (χ2v) is 4.57. The highest BCUT2D eigenvalue weighted by molar-refractivity contribution is 8.18. The minimum absolute atomic E-state index is 0.0716. The number of carbonyl (C=O) groups excluding carboxylic acids is 1. The molecule has 5 nitrogen and oxygen atoms in total. The minimum Gasteiger partial charge on any atom is -0.504 e. The van der Waals surface area contributed by atoms with Crippen LogP contribution in [0.5, 0.6) is 11.5 Å². The fourth-order valence-electron chi connectivity index (χ4n) is 1.48. The Bertz CT molecular complexity index is 540. The highest BCUT2D eigenvalue weighted by Crippen LogP contribution is 2.30. The molecule has 6 heteroatoms. The molecule has 1 heterocycles. The van der Waals surface area contributed by atoms with Gasteiger partial charge in [0.1, 0.15) is 5.84 Å². The third-order valence-electron chi connectivity index (χ3n) is 2.26. The van der Waals surface area contributed by atoms with E-state index >= 15 is 0 Å². The summed E-state index contributed by atoms with van der Waals surface area (Å²) in [4.78, 5) is 11.6. The van der Waals surface area contributed by atoms with Crippen LogP contribution >= 0.6 is 11.8 Å². The molecule has 3 N–H and O–H groups in total. The van der Waals surface area contributed by atoms with Crippen molar-refractivity contribution in [3.05, 3.63) is 28.7 Å². The molecule has 1 aliphatic heterocycles. The highest BCUT2D eigenvalue weighted by atomic mass is 32.2. The topological polar surface area (TPSA) is 82.4 Å². The third kappa shape index (κ3) is 2.65. The summed E-state index contributed by atoms with van der Waals surface area (Å²) in [5, 5.41) is 19.3. The Morgan fingerprint density at radius 3 is 2.94 bits per heavy atom. The van der Waals surface area contributed by atoms with Crippen LogP contribution in [-0.2, 0) is 0 Å². The van der Waals surface area contributed by atoms with Gasteiger partial charge >= 0.3 is 0 Å². The molecule has 18 heavy (non-hydrogen) atoms. The normalized spacial score (nSPS) is 17.1. The first-order valence-electron chi connectivity index (χ1n) is 5.35. The zero-order valence-electron chi connectivity index (χ0n) is 9.69. The van der Waals surface area contributed by atoms with Crippen molar-refractivity contribution >= 4 is 28.9 Å². The number of phenols is 1. The minimum atomic E-state index is -0.255. The Balaban J connectivity index is 2.29. The molecule has 0 aliphatic carbocycles. The summed E-state index contributed by atoms with van der Waals surface area (Å²) >= 11 is 0.975. The van der Waals surface area contributed by atoms with Crippen LogP contribution in [0.4, 0.5) is 4.79 Å². The molecule has 1 aromatic carbocycles. The van der Waals surface area contributed by atoms with Crippen LogP contribution in [0.15, 0.2) is 23.1 Å². The molecule has 0 saturated carbocycles. The molecule has 0 atom stereocenters. The third-order valence-corrected chi connectivity index (χ3v) is 3.09. The molecule has 1 amide bonds. The number of benzene rings is 1. The average molecular weight is 264 g/mol. The summed E-state index contributed by atoms with van der Waals surface area (Å²) in [6, 6.07) is 4.89. The lowest BCUT2D eigenvalue weighted by atomic mass is 10.2. The lowest BCUT2D eigenvalue weighted by Gasteiger charge is -2.06. The summed E-state index contributed by atoms with van der Waals surface area (Å²) in [6.07, 6.45) is 1.70. The first-order valence-corrected chi connectivity index (χ1v) is 6.17. The van der Waals surface area contributed by atoms with Crippen LogP contribution in [0.3, 0.4) is 0 Å². The van der Waals surface area contributed by atoms with Crippen LogP contribution in [0, 0.1) is 5.41 Å². The molecule has 1 aromatic rings. The number of phenolic OH excluding ortho intramolecular Hbond substituents is 1. The van der Waals surface area contributed by atoms with Gasteiger partial charge in [-0.05, 0) is 42.5 Å². The zero-order valence-corrected chi connectivity index (χ0v) is 10.5. The van der Waals surface area contributed by atoms with Crippen molar-refractivity contribution in [2.45, 2.75) is 6.92 Å². The fraction of sp³-hybridized carbons (Fsp3) is 0.167. The lowest BCUT2D eigenvalue weighted by molar-refractivity contribution is 0.265. The Kier molecular flexibility index (Phi) is 3.57. The van der Waals surface area contributed by atoms with Gasteiger partial charge in [0.2, 0.25) is 0 Å². The number of hydrogen-bond acceptors (Lipinski definition) is 5. The van der Waals surface area contributed by atoms with E-state index in [-0.39, 0.29) is 16.8 Å². The average Bonchev–Trinajstić information content (AvgIpc) is 2.62. The van der Waals surface area contributed by atoms with Crippen molar-refractivity contribution in [1.29, 1.82) is 5.41 Å². The van der Waals surface area contributed by atoms with E-state index < -0.39 is 0 Å². The van der Waals surface area contributed by atoms with E-state index in [1.807, 2.05) is 6.92 Å². The number of nitrogens with one attached hydrogen (secondary N) is 2. The standard InChI is InChI=1S/C12H12N2O3S/c1-2-17-9-5-7(3-4-8(9)15)6-10-11(13)14-12(16)18-10/h3-6,15H,2H2,1H3,(H2,13,14,16)/b10-6-. The van der Waals surface area contributed by atoms with Gasteiger partial charge in [0.15, 0.2) is 11.5 Å². The number of hydrogen-bond donors (Lipinski definition) is 3. The van der Waals surface area contributed by atoms with E-state index in [2.05, 4.69) is 5.32 Å². The fourth-order valence-corrected chi connectivity index (χ4v) is 2.19. The van der Waals surface area contributed by atoms with E-state index in [4.69, 9.17) is 10.1 Å². The number of ether oxygens (including phenoxy) is 1. The molecule has 0 bridgehead atoms. The number of thioether (sulfide) groups is 1. The number of aromatic hydroxyl groups is 1. The monoisotopic (exact) mass is 264 g/mol. The largest absolute Gasteiger partial charge is 0.504 e. The molecule has 0 aromatic heterocycles. The van der Waals surface area contributed by atoms with Gasteiger partial charge in [-0.2, -0.15) is 0 Å². The Morgan fingerprint density at radius 2 is 2.33 bits per heavy atom. The van der Waals surface area contributed by atoms with Gasteiger partial charge in [0, 0.05) is 0 Å². The van der Waals surface area contributed by atoms with Crippen molar-refractivity contribution < 1.29 is 14.6 Å². The van der Waals surface area contributed by atoms with Crippen molar-refractivity contribution in [3.63, 3.8) is 0 Å². The molecular formula is C12H12N2O3S. The maximum atomic E-state index is 11.1. The number of carbonyl (C=O) groups is 1. The number of rotatable bonds is 3. The molecule has 1 fully saturated rings. The summed E-state index contributed by atoms with van der Waals surface area (Å²) in [5.74, 6) is 0.555. The van der Waals surface area contributed by atoms with Gasteiger partial charge in [0.25, 0.3) is 5.24 Å². The quantitative estimate of drug-likeness (QED) is 0.783. The molecule has 1 saturated heterocycles. The van der Waals surface area contributed by atoms with Gasteiger partial charge in [-0.3, -0.25) is 10.2 Å². The first-order chi connectivity index (χ1) is 8.60. The van der Waals surface area contributed by atoms with Gasteiger partial charge < -0.3 is 15.2 Å². The summed E-state index contributed by atoms with van der Waals surface area (Å²) in [6.45, 7) is 2.29. The predicted molar refractivity (Wildman–Crippen MR) is 71.1 cm³/mol.